The Morgan fingerprint density at radius 3 is 2.25 bits per heavy atom. The van der Waals surface area contributed by atoms with Gasteiger partial charge in [-0.2, -0.15) is 13.2 Å². The number of carboxylic acid groups (broad SMARTS) is 1. The Kier molecular flexibility index (Phi) is 4.43. The Morgan fingerprint density at radius 1 is 1.20 bits per heavy atom. The summed E-state index contributed by atoms with van der Waals surface area (Å²) in [5.41, 5.74) is 0.134. The number of benzene rings is 1. The van der Waals surface area contributed by atoms with Gasteiger partial charge in [-0.05, 0) is 17.7 Å². The summed E-state index contributed by atoms with van der Waals surface area (Å²) >= 11 is 0. The zero-order chi connectivity index (χ0) is 15.5. The zero-order valence-corrected chi connectivity index (χ0v) is 9.81. The summed E-state index contributed by atoms with van der Waals surface area (Å²) in [7, 11) is 0. The molecule has 0 aliphatic heterocycles. The van der Waals surface area contributed by atoms with Gasteiger partial charge in [-0.15, -0.1) is 0 Å². The highest BCUT2D eigenvalue weighted by molar-refractivity contribution is 5.87. The minimum atomic E-state index is -5.19. The number of carboxylic acids is 1. The molecule has 0 aliphatic rings. The minimum Gasteiger partial charge on any atom is -0.504 e. The molecule has 0 heterocycles. The summed E-state index contributed by atoms with van der Waals surface area (Å²) in [6.45, 7) is 0. The quantitative estimate of drug-likeness (QED) is 0.613. The second-order valence-electron chi connectivity index (χ2n) is 3.89. The molecular weight excluding hydrogens is 283 g/mol. The zero-order valence-electron chi connectivity index (χ0n) is 9.81. The van der Waals surface area contributed by atoms with E-state index in [0.717, 1.165) is 12.1 Å². The van der Waals surface area contributed by atoms with Crippen molar-refractivity contribution < 1.29 is 38.1 Å². The summed E-state index contributed by atoms with van der Waals surface area (Å²) in [5, 5.41) is 28.4. The summed E-state index contributed by atoms with van der Waals surface area (Å²) in [5.74, 6) is -5.03. The highest BCUT2D eigenvalue weighted by Crippen LogP contribution is 2.25. The number of hydrogen-bond donors (Lipinski definition) is 4. The molecule has 0 aliphatic carbocycles. The molecule has 0 fully saturated rings. The molecule has 6 nitrogen and oxygen atoms in total. The first kappa shape index (κ1) is 15.6. The van der Waals surface area contributed by atoms with Gasteiger partial charge in [0.05, 0.1) is 0 Å². The average Bonchev–Trinajstić information content (AvgIpc) is 2.31. The largest absolute Gasteiger partial charge is 0.504 e. The fraction of sp³-hybridized carbons (Fsp3) is 0.273. The number of amides is 1. The fourth-order valence-corrected chi connectivity index (χ4v) is 1.37. The Morgan fingerprint density at radius 2 is 1.80 bits per heavy atom. The van der Waals surface area contributed by atoms with Crippen LogP contribution in [0.3, 0.4) is 0 Å². The van der Waals surface area contributed by atoms with E-state index in [9.17, 15) is 27.9 Å². The van der Waals surface area contributed by atoms with E-state index in [1.54, 1.807) is 0 Å². The van der Waals surface area contributed by atoms with Crippen LogP contribution in [0.5, 0.6) is 11.5 Å². The van der Waals surface area contributed by atoms with Crippen LogP contribution < -0.4 is 5.32 Å². The van der Waals surface area contributed by atoms with Gasteiger partial charge in [-0.25, -0.2) is 4.79 Å². The van der Waals surface area contributed by atoms with Crippen molar-refractivity contribution in [2.45, 2.75) is 18.6 Å². The Balaban J connectivity index is 2.85. The number of nitrogens with one attached hydrogen (secondary N) is 1. The number of alkyl halides is 3. The number of phenolic OH excluding ortho intramolecular Hbond substituents is 2. The van der Waals surface area contributed by atoms with Crippen molar-refractivity contribution in [3.63, 3.8) is 0 Å². The van der Waals surface area contributed by atoms with Gasteiger partial charge in [0, 0.05) is 6.42 Å². The standard InChI is InChI=1S/C11H10F3NO5/c12-11(13,14)10(20)15-6(9(18)19)3-5-1-2-7(16)8(17)4-5/h1-2,4,6,16-17H,3H2,(H,15,20)(H,18,19)/t6-/m0/s1. The van der Waals surface area contributed by atoms with Crippen molar-refractivity contribution in [3.8, 4) is 11.5 Å². The van der Waals surface area contributed by atoms with Gasteiger partial charge in [0.1, 0.15) is 6.04 Å². The van der Waals surface area contributed by atoms with E-state index in [2.05, 4.69) is 0 Å². The van der Waals surface area contributed by atoms with Gasteiger partial charge in [-0.3, -0.25) is 4.79 Å². The third-order valence-corrected chi connectivity index (χ3v) is 2.34. The molecule has 9 heteroatoms. The minimum absolute atomic E-state index is 0.134. The summed E-state index contributed by atoms with van der Waals surface area (Å²) in [6.07, 6.45) is -5.67. The lowest BCUT2D eigenvalue weighted by Gasteiger charge is -2.16. The maximum atomic E-state index is 12.1. The van der Waals surface area contributed by atoms with E-state index in [4.69, 9.17) is 10.2 Å². The highest BCUT2D eigenvalue weighted by atomic mass is 19.4. The number of hydrogen-bond acceptors (Lipinski definition) is 4. The molecule has 0 unspecified atom stereocenters. The topological polar surface area (TPSA) is 107 Å². The lowest BCUT2D eigenvalue weighted by molar-refractivity contribution is -0.175. The van der Waals surface area contributed by atoms with Crippen molar-refractivity contribution >= 4 is 11.9 Å². The molecule has 0 radical (unpaired) electrons. The monoisotopic (exact) mass is 293 g/mol. The molecule has 0 saturated heterocycles. The molecule has 0 spiro atoms. The summed E-state index contributed by atoms with van der Waals surface area (Å²) in [4.78, 5) is 21.5. The third kappa shape index (κ3) is 4.04. The summed E-state index contributed by atoms with van der Waals surface area (Å²) in [6, 6.07) is 1.44. The van der Waals surface area contributed by atoms with Crippen LogP contribution in [-0.2, 0) is 16.0 Å². The molecule has 0 aromatic heterocycles. The van der Waals surface area contributed by atoms with Crippen LogP contribution in [0.1, 0.15) is 5.56 Å². The summed E-state index contributed by atoms with van der Waals surface area (Å²) < 4.78 is 36.2. The molecule has 0 bridgehead atoms. The van der Waals surface area contributed by atoms with E-state index < -0.39 is 42.0 Å². The fourth-order valence-electron chi connectivity index (χ4n) is 1.37. The second-order valence-corrected chi connectivity index (χ2v) is 3.89. The molecule has 1 amide bonds. The Labute approximate surface area is 110 Å². The van der Waals surface area contributed by atoms with Crippen molar-refractivity contribution in [2.75, 3.05) is 0 Å². The van der Waals surface area contributed by atoms with Crippen LogP contribution in [0, 0.1) is 0 Å². The van der Waals surface area contributed by atoms with Crippen LogP contribution in [0.25, 0.3) is 0 Å². The molecule has 110 valence electrons. The van der Waals surface area contributed by atoms with Crippen LogP contribution in [0.15, 0.2) is 18.2 Å². The van der Waals surface area contributed by atoms with E-state index in [1.165, 1.54) is 11.4 Å². The lowest BCUT2D eigenvalue weighted by Crippen LogP contribution is -2.47. The predicted octanol–water partition coefficient (Wildman–Crippen LogP) is 0.772. The van der Waals surface area contributed by atoms with Gasteiger partial charge >= 0.3 is 18.1 Å². The van der Waals surface area contributed by atoms with E-state index in [0.29, 0.717) is 0 Å². The van der Waals surface area contributed by atoms with Crippen LogP contribution in [0.4, 0.5) is 13.2 Å². The number of carbonyl (C=O) groups excluding carboxylic acids is 1. The van der Waals surface area contributed by atoms with Gasteiger partial charge in [0.15, 0.2) is 11.5 Å². The van der Waals surface area contributed by atoms with Crippen LogP contribution in [0.2, 0.25) is 0 Å². The number of halogens is 3. The molecule has 4 N–H and O–H groups in total. The SMILES string of the molecule is O=C(O)[C@H](Cc1ccc(O)c(O)c1)NC(=O)C(F)(F)F. The van der Waals surface area contributed by atoms with Gasteiger partial charge < -0.3 is 20.6 Å². The normalized spacial score (nSPS) is 12.8. The number of aliphatic carboxylic acids is 1. The maximum Gasteiger partial charge on any atom is 0.471 e. The van der Waals surface area contributed by atoms with Crippen LogP contribution >= 0.6 is 0 Å². The molecular formula is C11H10F3NO5. The molecule has 1 aromatic carbocycles. The molecule has 1 rings (SSSR count). The van der Waals surface area contributed by atoms with Gasteiger partial charge in [0.25, 0.3) is 0 Å². The third-order valence-electron chi connectivity index (χ3n) is 2.34. The predicted molar refractivity (Wildman–Crippen MR) is 59.1 cm³/mol. The van der Waals surface area contributed by atoms with Crippen molar-refractivity contribution in [1.82, 2.24) is 5.32 Å². The van der Waals surface area contributed by atoms with Crippen molar-refractivity contribution in [3.05, 3.63) is 23.8 Å². The van der Waals surface area contributed by atoms with Gasteiger partial charge in [0.2, 0.25) is 0 Å². The van der Waals surface area contributed by atoms with Crippen molar-refractivity contribution in [2.24, 2.45) is 0 Å². The van der Waals surface area contributed by atoms with Crippen LogP contribution in [-0.4, -0.2) is 39.4 Å². The number of rotatable bonds is 4. The molecule has 20 heavy (non-hydrogen) atoms. The molecule has 1 aromatic rings. The smallest absolute Gasteiger partial charge is 0.471 e. The number of aromatic hydroxyl groups is 2. The first-order valence-corrected chi connectivity index (χ1v) is 5.22. The average molecular weight is 293 g/mol. The lowest BCUT2D eigenvalue weighted by atomic mass is 10.1. The first-order valence-electron chi connectivity index (χ1n) is 5.22. The Bertz CT molecular complexity index is 529. The second kappa shape index (κ2) is 5.68. The molecule has 1 atom stereocenters. The molecule has 0 saturated carbocycles. The highest BCUT2D eigenvalue weighted by Gasteiger charge is 2.40. The Hall–Kier alpha value is -2.45. The van der Waals surface area contributed by atoms with Crippen molar-refractivity contribution in [1.29, 1.82) is 0 Å². The first-order chi connectivity index (χ1) is 9.11. The number of phenols is 2. The number of carbonyl (C=O) groups is 2. The van der Waals surface area contributed by atoms with E-state index >= 15 is 0 Å². The van der Waals surface area contributed by atoms with E-state index in [-0.39, 0.29) is 5.56 Å². The van der Waals surface area contributed by atoms with E-state index in [1.807, 2.05) is 0 Å². The van der Waals surface area contributed by atoms with Gasteiger partial charge in [-0.1, -0.05) is 6.07 Å². The maximum absolute atomic E-state index is 12.1.